The van der Waals surface area contributed by atoms with Crippen molar-refractivity contribution in [3.63, 3.8) is 0 Å². The number of anilines is 1. The minimum absolute atomic E-state index is 0.00792. The maximum absolute atomic E-state index is 12.7. The van der Waals surface area contributed by atoms with Gasteiger partial charge in [0.2, 0.25) is 0 Å². The van der Waals surface area contributed by atoms with Crippen LogP contribution in [0.1, 0.15) is 55.1 Å². The third kappa shape index (κ3) is 3.72. The summed E-state index contributed by atoms with van der Waals surface area (Å²) in [6.45, 7) is 4.63. The van der Waals surface area contributed by atoms with E-state index in [-0.39, 0.29) is 11.8 Å². The second-order valence-corrected chi connectivity index (χ2v) is 5.71. The molecule has 0 unspecified atom stereocenters. The molecule has 1 aromatic heterocycles. The summed E-state index contributed by atoms with van der Waals surface area (Å²) in [6.07, 6.45) is 2.46. The molecule has 1 amide bonds. The van der Waals surface area contributed by atoms with E-state index in [0.717, 1.165) is 18.5 Å². The lowest BCUT2D eigenvalue weighted by Crippen LogP contribution is -2.34. The molecule has 0 spiro atoms. The van der Waals surface area contributed by atoms with Gasteiger partial charge in [-0.1, -0.05) is 13.8 Å². The van der Waals surface area contributed by atoms with Crippen LogP contribution in [0.25, 0.3) is 0 Å². The number of carbonyl (C=O) groups is 1. The molecule has 112 valence electrons. The van der Waals surface area contributed by atoms with Crippen LogP contribution < -0.4 is 5.32 Å². The van der Waals surface area contributed by atoms with Crippen LogP contribution in [0.15, 0.2) is 12.1 Å². The zero-order valence-electron chi connectivity index (χ0n) is 12.9. The van der Waals surface area contributed by atoms with E-state index in [4.69, 9.17) is 5.26 Å². The molecule has 1 aliphatic carbocycles. The highest BCUT2D eigenvalue weighted by Crippen LogP contribution is 2.29. The largest absolute Gasteiger partial charge is 0.373 e. The molecule has 1 aliphatic rings. The third-order valence-corrected chi connectivity index (χ3v) is 3.65. The predicted octanol–water partition coefficient (Wildman–Crippen LogP) is 2.76. The second kappa shape index (κ2) is 6.57. The number of nitrogens with one attached hydrogen (secondary N) is 1. The average molecular weight is 286 g/mol. The molecular weight excluding hydrogens is 264 g/mol. The second-order valence-electron chi connectivity index (χ2n) is 5.71. The van der Waals surface area contributed by atoms with Crippen molar-refractivity contribution in [3.05, 3.63) is 23.4 Å². The molecule has 0 aliphatic heterocycles. The van der Waals surface area contributed by atoms with E-state index >= 15 is 0 Å². The van der Waals surface area contributed by atoms with Crippen molar-refractivity contribution < 1.29 is 4.79 Å². The molecule has 0 aromatic carbocycles. The SMILES string of the molecule is CNc1cc(C(=O)N(CCC#N)C2CC2)cc(C(C)C)n1. The summed E-state index contributed by atoms with van der Waals surface area (Å²) in [6, 6.07) is 6.08. The fourth-order valence-corrected chi connectivity index (χ4v) is 2.27. The monoisotopic (exact) mass is 286 g/mol. The summed E-state index contributed by atoms with van der Waals surface area (Å²) in [5, 5.41) is 11.8. The Morgan fingerprint density at radius 3 is 2.76 bits per heavy atom. The maximum atomic E-state index is 12.7. The van der Waals surface area contributed by atoms with Crippen molar-refractivity contribution in [3.8, 4) is 6.07 Å². The Labute approximate surface area is 126 Å². The smallest absolute Gasteiger partial charge is 0.254 e. The zero-order chi connectivity index (χ0) is 15.4. The van der Waals surface area contributed by atoms with Crippen molar-refractivity contribution >= 4 is 11.7 Å². The van der Waals surface area contributed by atoms with Crippen LogP contribution in [-0.4, -0.2) is 35.4 Å². The van der Waals surface area contributed by atoms with Gasteiger partial charge in [-0.05, 0) is 30.9 Å². The van der Waals surface area contributed by atoms with E-state index in [2.05, 4.69) is 30.2 Å². The first kappa shape index (κ1) is 15.3. The van der Waals surface area contributed by atoms with Crippen LogP contribution in [-0.2, 0) is 0 Å². The fraction of sp³-hybridized carbons (Fsp3) is 0.562. The molecule has 1 saturated carbocycles. The lowest BCUT2D eigenvalue weighted by molar-refractivity contribution is 0.0746. The van der Waals surface area contributed by atoms with E-state index in [0.29, 0.717) is 30.4 Å². The summed E-state index contributed by atoms with van der Waals surface area (Å²) >= 11 is 0. The van der Waals surface area contributed by atoms with Gasteiger partial charge >= 0.3 is 0 Å². The number of hydrogen-bond acceptors (Lipinski definition) is 4. The molecule has 21 heavy (non-hydrogen) atoms. The van der Waals surface area contributed by atoms with Gasteiger partial charge in [-0.25, -0.2) is 4.98 Å². The molecule has 0 saturated heterocycles. The van der Waals surface area contributed by atoms with E-state index in [1.165, 1.54) is 0 Å². The van der Waals surface area contributed by atoms with Gasteiger partial charge in [0.25, 0.3) is 5.91 Å². The highest BCUT2D eigenvalue weighted by Gasteiger charge is 2.33. The highest BCUT2D eigenvalue weighted by molar-refractivity contribution is 5.95. The quantitative estimate of drug-likeness (QED) is 0.873. The summed E-state index contributed by atoms with van der Waals surface area (Å²) in [7, 11) is 1.80. The van der Waals surface area contributed by atoms with Crippen LogP contribution >= 0.6 is 0 Å². The van der Waals surface area contributed by atoms with E-state index in [1.807, 2.05) is 11.0 Å². The van der Waals surface area contributed by atoms with Gasteiger partial charge in [0, 0.05) is 30.9 Å². The molecule has 1 heterocycles. The van der Waals surface area contributed by atoms with Gasteiger partial charge in [0.15, 0.2) is 0 Å². The molecule has 1 aromatic rings. The van der Waals surface area contributed by atoms with Gasteiger partial charge in [0.05, 0.1) is 12.5 Å². The predicted molar refractivity (Wildman–Crippen MR) is 82.2 cm³/mol. The van der Waals surface area contributed by atoms with Crippen LogP contribution in [0.3, 0.4) is 0 Å². The minimum atomic E-state index is 0.00792. The Balaban J connectivity index is 2.28. The van der Waals surface area contributed by atoms with Crippen molar-refractivity contribution in [2.24, 2.45) is 0 Å². The Hall–Kier alpha value is -2.09. The zero-order valence-corrected chi connectivity index (χ0v) is 12.9. The van der Waals surface area contributed by atoms with Gasteiger partial charge < -0.3 is 10.2 Å². The number of carbonyl (C=O) groups excluding carboxylic acids is 1. The molecule has 0 radical (unpaired) electrons. The lowest BCUT2D eigenvalue weighted by atomic mass is 10.1. The van der Waals surface area contributed by atoms with Crippen LogP contribution in [0, 0.1) is 11.3 Å². The van der Waals surface area contributed by atoms with E-state index in [1.54, 1.807) is 13.1 Å². The first-order valence-corrected chi connectivity index (χ1v) is 7.44. The number of nitriles is 1. The van der Waals surface area contributed by atoms with Gasteiger partial charge in [-0.2, -0.15) is 5.26 Å². The van der Waals surface area contributed by atoms with Gasteiger partial charge in [-0.15, -0.1) is 0 Å². The Bertz CT molecular complexity index is 558. The van der Waals surface area contributed by atoms with Gasteiger partial charge in [-0.3, -0.25) is 4.79 Å². The Morgan fingerprint density at radius 1 is 1.52 bits per heavy atom. The first-order valence-electron chi connectivity index (χ1n) is 7.44. The first-order chi connectivity index (χ1) is 10.1. The van der Waals surface area contributed by atoms with Crippen LogP contribution in [0.2, 0.25) is 0 Å². The normalized spacial score (nSPS) is 13.9. The number of rotatable bonds is 6. The summed E-state index contributed by atoms with van der Waals surface area (Å²) < 4.78 is 0. The lowest BCUT2D eigenvalue weighted by Gasteiger charge is -2.22. The van der Waals surface area contributed by atoms with Crippen molar-refractivity contribution in [1.82, 2.24) is 9.88 Å². The summed E-state index contributed by atoms with van der Waals surface area (Å²) in [5.41, 5.74) is 1.56. The molecule has 2 rings (SSSR count). The highest BCUT2D eigenvalue weighted by atomic mass is 16.2. The van der Waals surface area contributed by atoms with E-state index < -0.39 is 0 Å². The third-order valence-electron chi connectivity index (χ3n) is 3.65. The molecule has 1 N–H and O–H groups in total. The molecule has 5 nitrogen and oxygen atoms in total. The molecule has 5 heteroatoms. The van der Waals surface area contributed by atoms with Crippen LogP contribution in [0.5, 0.6) is 0 Å². The maximum Gasteiger partial charge on any atom is 0.254 e. The van der Waals surface area contributed by atoms with Crippen molar-refractivity contribution in [1.29, 1.82) is 5.26 Å². The number of aromatic nitrogens is 1. The van der Waals surface area contributed by atoms with E-state index in [9.17, 15) is 4.79 Å². The average Bonchev–Trinajstić information content (AvgIpc) is 3.31. The fourth-order valence-electron chi connectivity index (χ4n) is 2.27. The van der Waals surface area contributed by atoms with Gasteiger partial charge in [0.1, 0.15) is 5.82 Å². The molecule has 1 fully saturated rings. The Morgan fingerprint density at radius 2 is 2.24 bits per heavy atom. The van der Waals surface area contributed by atoms with Crippen LogP contribution in [0.4, 0.5) is 5.82 Å². The Kier molecular flexibility index (Phi) is 4.79. The number of hydrogen-bond donors (Lipinski definition) is 1. The minimum Gasteiger partial charge on any atom is -0.373 e. The standard InChI is InChI=1S/C16H22N4O/c1-11(2)14-9-12(10-15(18-3)19-14)16(21)20(8-4-7-17)13-5-6-13/h9-11,13H,4-6,8H2,1-3H3,(H,18,19). The molecular formula is C16H22N4O. The number of pyridine rings is 1. The van der Waals surface area contributed by atoms with Crippen molar-refractivity contribution in [2.75, 3.05) is 18.9 Å². The molecule has 0 bridgehead atoms. The number of amides is 1. The van der Waals surface area contributed by atoms with Crippen molar-refractivity contribution in [2.45, 2.75) is 45.1 Å². The summed E-state index contributed by atoms with van der Waals surface area (Å²) in [4.78, 5) is 19.1. The topological polar surface area (TPSA) is 69.0 Å². The molecule has 0 atom stereocenters. The number of nitrogens with zero attached hydrogens (tertiary/aromatic N) is 3. The summed E-state index contributed by atoms with van der Waals surface area (Å²) in [5.74, 6) is 0.979.